The lowest BCUT2D eigenvalue weighted by molar-refractivity contribution is 0.152. The van der Waals surface area contributed by atoms with E-state index in [2.05, 4.69) is 0 Å². The molecular weight excluding hydrogens is 301 g/mol. The van der Waals surface area contributed by atoms with E-state index in [4.69, 9.17) is 5.26 Å². The zero-order chi connectivity index (χ0) is 16.6. The predicted molar refractivity (Wildman–Crippen MR) is 79.3 cm³/mol. The van der Waals surface area contributed by atoms with Crippen LogP contribution in [-0.4, -0.2) is 14.2 Å². The molecule has 0 bridgehead atoms. The van der Waals surface area contributed by atoms with Crippen molar-refractivity contribution in [1.82, 2.24) is 9.13 Å². The van der Waals surface area contributed by atoms with Gasteiger partial charge in [-0.25, -0.2) is 9.18 Å². The van der Waals surface area contributed by atoms with E-state index in [1.165, 1.54) is 35.0 Å². The van der Waals surface area contributed by atoms with Crippen molar-refractivity contribution in [2.75, 3.05) is 0 Å². The minimum atomic E-state index is -1.15. The number of nitriles is 1. The Bertz CT molecular complexity index is 889. The number of aromatic nitrogens is 2. The molecule has 2 aromatic rings. The third-order valence-electron chi connectivity index (χ3n) is 3.87. The zero-order valence-electron chi connectivity index (χ0n) is 12.1. The molecule has 1 N–H and O–H groups in total. The highest BCUT2D eigenvalue weighted by Crippen LogP contribution is 2.33. The van der Waals surface area contributed by atoms with Crippen LogP contribution in [0.15, 0.2) is 40.1 Å². The first-order chi connectivity index (χ1) is 11.0. The lowest BCUT2D eigenvalue weighted by Crippen LogP contribution is -2.41. The number of aliphatic hydroxyl groups excluding tert-OH is 1. The Balaban J connectivity index is 2.00. The number of hydrogen-bond donors (Lipinski definition) is 1. The molecule has 1 saturated carbocycles. The van der Waals surface area contributed by atoms with Gasteiger partial charge in [0.05, 0.1) is 12.6 Å². The van der Waals surface area contributed by atoms with E-state index in [9.17, 15) is 19.1 Å². The number of benzene rings is 1. The summed E-state index contributed by atoms with van der Waals surface area (Å²) in [7, 11) is 0. The molecule has 3 rings (SSSR count). The van der Waals surface area contributed by atoms with Crippen molar-refractivity contribution >= 4 is 0 Å². The molecular formula is C16H14FN3O3. The van der Waals surface area contributed by atoms with Crippen LogP contribution in [0, 0.1) is 17.1 Å². The summed E-state index contributed by atoms with van der Waals surface area (Å²) in [6.45, 7) is -0.286. The van der Waals surface area contributed by atoms with Crippen LogP contribution in [0.25, 0.3) is 0 Å². The third-order valence-corrected chi connectivity index (χ3v) is 3.87. The number of rotatable bonds is 4. The average molecular weight is 315 g/mol. The van der Waals surface area contributed by atoms with Gasteiger partial charge in [-0.05, 0) is 30.5 Å². The fraction of sp³-hybridized carbons (Fsp3) is 0.312. The number of nitrogens with zero attached hydrogens (tertiary/aromatic N) is 3. The highest BCUT2D eigenvalue weighted by Gasteiger charge is 2.27. The summed E-state index contributed by atoms with van der Waals surface area (Å²) in [6, 6.07) is 6.94. The maximum Gasteiger partial charge on any atom is 0.331 e. The minimum Gasteiger partial charge on any atom is -0.387 e. The molecule has 118 valence electrons. The quantitative estimate of drug-likeness (QED) is 0.915. The van der Waals surface area contributed by atoms with Gasteiger partial charge in [0.1, 0.15) is 17.4 Å². The summed E-state index contributed by atoms with van der Waals surface area (Å²) in [5, 5.41) is 19.3. The summed E-state index contributed by atoms with van der Waals surface area (Å²) in [5.74, 6) is -0.444. The van der Waals surface area contributed by atoms with E-state index in [1.807, 2.05) is 0 Å². The van der Waals surface area contributed by atoms with Gasteiger partial charge in [0, 0.05) is 12.2 Å². The molecule has 1 aliphatic rings. The fourth-order valence-corrected chi connectivity index (χ4v) is 2.44. The van der Waals surface area contributed by atoms with Crippen LogP contribution in [0.1, 0.15) is 36.1 Å². The summed E-state index contributed by atoms with van der Waals surface area (Å²) in [6.07, 6.45) is 1.78. The Labute approximate surface area is 130 Å². The maximum atomic E-state index is 12.9. The molecule has 1 fully saturated rings. The second kappa shape index (κ2) is 5.82. The van der Waals surface area contributed by atoms with Crippen molar-refractivity contribution in [3.63, 3.8) is 0 Å². The second-order valence-corrected chi connectivity index (χ2v) is 5.56. The second-order valence-electron chi connectivity index (χ2n) is 5.56. The van der Waals surface area contributed by atoms with E-state index < -0.39 is 23.2 Å². The molecule has 1 aromatic heterocycles. The van der Waals surface area contributed by atoms with E-state index in [-0.39, 0.29) is 18.2 Å². The topological polar surface area (TPSA) is 88.0 Å². The molecule has 0 radical (unpaired) electrons. The Morgan fingerprint density at radius 2 is 1.96 bits per heavy atom. The van der Waals surface area contributed by atoms with Gasteiger partial charge in [0.15, 0.2) is 0 Å². The fourth-order valence-electron chi connectivity index (χ4n) is 2.44. The van der Waals surface area contributed by atoms with Gasteiger partial charge in [-0.2, -0.15) is 5.26 Å². The first-order valence-electron chi connectivity index (χ1n) is 7.21. The highest BCUT2D eigenvalue weighted by atomic mass is 19.1. The molecule has 0 saturated heterocycles. The maximum absolute atomic E-state index is 12.9. The lowest BCUT2D eigenvalue weighted by Gasteiger charge is -2.14. The van der Waals surface area contributed by atoms with E-state index in [0.29, 0.717) is 5.56 Å². The van der Waals surface area contributed by atoms with Crippen LogP contribution in [0.4, 0.5) is 4.39 Å². The van der Waals surface area contributed by atoms with Crippen molar-refractivity contribution in [3.8, 4) is 6.07 Å². The molecule has 1 heterocycles. The number of aliphatic hydroxyl groups is 1. The Morgan fingerprint density at radius 3 is 2.52 bits per heavy atom. The van der Waals surface area contributed by atoms with Crippen LogP contribution in [0.5, 0.6) is 0 Å². The van der Waals surface area contributed by atoms with Crippen molar-refractivity contribution in [2.24, 2.45) is 0 Å². The van der Waals surface area contributed by atoms with Crippen molar-refractivity contribution in [3.05, 3.63) is 68.2 Å². The van der Waals surface area contributed by atoms with E-state index in [1.54, 1.807) is 6.07 Å². The Kier molecular flexibility index (Phi) is 3.84. The molecule has 7 heteroatoms. The molecule has 1 atom stereocenters. The van der Waals surface area contributed by atoms with Crippen LogP contribution in [0.3, 0.4) is 0 Å². The zero-order valence-corrected chi connectivity index (χ0v) is 12.1. The first-order valence-corrected chi connectivity index (χ1v) is 7.21. The monoisotopic (exact) mass is 315 g/mol. The highest BCUT2D eigenvalue weighted by molar-refractivity contribution is 5.24. The molecule has 0 aliphatic heterocycles. The summed E-state index contributed by atoms with van der Waals surface area (Å²) in [5.41, 5.74) is -1.02. The normalized spacial score (nSPS) is 15.2. The van der Waals surface area contributed by atoms with Crippen LogP contribution >= 0.6 is 0 Å². The largest absolute Gasteiger partial charge is 0.387 e. The summed E-state index contributed by atoms with van der Waals surface area (Å²) >= 11 is 0. The van der Waals surface area contributed by atoms with Gasteiger partial charge in [-0.3, -0.25) is 13.9 Å². The molecule has 23 heavy (non-hydrogen) atoms. The van der Waals surface area contributed by atoms with Gasteiger partial charge in [-0.1, -0.05) is 12.1 Å². The van der Waals surface area contributed by atoms with E-state index in [0.717, 1.165) is 17.4 Å². The van der Waals surface area contributed by atoms with Gasteiger partial charge in [0.2, 0.25) is 0 Å². The summed E-state index contributed by atoms with van der Waals surface area (Å²) < 4.78 is 15.2. The molecule has 0 unspecified atom stereocenters. The summed E-state index contributed by atoms with van der Waals surface area (Å²) in [4.78, 5) is 24.6. The number of halogens is 1. The Morgan fingerprint density at radius 1 is 1.30 bits per heavy atom. The molecule has 0 amide bonds. The average Bonchev–Trinajstić information content (AvgIpc) is 3.37. The lowest BCUT2D eigenvalue weighted by atomic mass is 10.1. The minimum absolute atomic E-state index is 0.00409. The van der Waals surface area contributed by atoms with Crippen LogP contribution < -0.4 is 11.2 Å². The smallest absolute Gasteiger partial charge is 0.331 e. The Hall–Kier alpha value is -2.72. The van der Waals surface area contributed by atoms with Crippen molar-refractivity contribution < 1.29 is 9.50 Å². The van der Waals surface area contributed by atoms with Crippen LogP contribution in [-0.2, 0) is 6.54 Å². The van der Waals surface area contributed by atoms with E-state index >= 15 is 0 Å². The molecule has 0 spiro atoms. The van der Waals surface area contributed by atoms with Gasteiger partial charge < -0.3 is 5.11 Å². The third kappa shape index (κ3) is 2.94. The molecule has 1 aliphatic carbocycles. The first kappa shape index (κ1) is 15.2. The van der Waals surface area contributed by atoms with Gasteiger partial charge >= 0.3 is 5.69 Å². The van der Waals surface area contributed by atoms with Gasteiger partial charge in [-0.15, -0.1) is 0 Å². The van der Waals surface area contributed by atoms with Crippen molar-refractivity contribution in [2.45, 2.75) is 31.5 Å². The predicted octanol–water partition coefficient (Wildman–Crippen LogP) is 1.09. The molecule has 6 nitrogen and oxygen atoms in total. The van der Waals surface area contributed by atoms with Crippen molar-refractivity contribution in [1.29, 1.82) is 5.26 Å². The molecule has 1 aromatic carbocycles. The van der Waals surface area contributed by atoms with Crippen LogP contribution in [0.2, 0.25) is 0 Å². The standard InChI is InChI=1S/C16H14FN3O3/c17-12-3-1-10(2-4-12)14(21)9-20-15(22)11(7-18)8-19(16(20)23)13-5-6-13/h1-4,8,13-14,21H,5-6,9H2/t14-/m1/s1. The number of hydrogen-bond acceptors (Lipinski definition) is 4. The SMILES string of the molecule is N#Cc1cn(C2CC2)c(=O)n(C[C@@H](O)c2ccc(F)cc2)c1=O. The van der Waals surface area contributed by atoms with Gasteiger partial charge in [0.25, 0.3) is 5.56 Å².